The van der Waals surface area contributed by atoms with E-state index in [0.717, 1.165) is 29.2 Å². The summed E-state index contributed by atoms with van der Waals surface area (Å²) in [4.78, 5) is 13.7. The van der Waals surface area contributed by atoms with Gasteiger partial charge in [0.2, 0.25) is 5.91 Å². The molecule has 0 atom stereocenters. The van der Waals surface area contributed by atoms with Crippen LogP contribution in [0.2, 0.25) is 0 Å². The third-order valence-corrected chi connectivity index (χ3v) is 5.99. The lowest BCUT2D eigenvalue weighted by molar-refractivity contribution is -0.113. The van der Waals surface area contributed by atoms with E-state index in [0.29, 0.717) is 5.75 Å². The van der Waals surface area contributed by atoms with Gasteiger partial charge < -0.3 is 5.32 Å². The molecule has 0 unspecified atom stereocenters. The Morgan fingerprint density at radius 2 is 1.89 bits per heavy atom. The number of benzene rings is 2. The van der Waals surface area contributed by atoms with Crippen LogP contribution in [0.1, 0.15) is 28.9 Å². The number of fused-ring (bicyclic) bond motifs is 1. The number of nitrogens with zero attached hydrogens (tertiary/aromatic N) is 2. The van der Waals surface area contributed by atoms with E-state index < -0.39 is 0 Å². The van der Waals surface area contributed by atoms with Crippen LogP contribution < -0.4 is 5.32 Å². The Kier molecular flexibility index (Phi) is 5.03. The number of anilines is 1. The minimum atomic E-state index is -0.000639. The summed E-state index contributed by atoms with van der Waals surface area (Å²) < 4.78 is 1.87. The Morgan fingerprint density at radius 3 is 2.70 bits per heavy atom. The molecular formula is C22H23N3OS. The number of aryl methyl sites for hydroxylation is 3. The number of hydrogen-bond acceptors (Lipinski definition) is 3. The van der Waals surface area contributed by atoms with Crippen LogP contribution in [0.15, 0.2) is 53.4 Å². The maximum Gasteiger partial charge on any atom is 0.234 e. The summed E-state index contributed by atoms with van der Waals surface area (Å²) in [6.07, 6.45) is 3.59. The number of rotatable bonds is 5. The quantitative estimate of drug-likeness (QED) is 0.655. The molecule has 0 bridgehead atoms. The molecule has 1 aliphatic rings. The van der Waals surface area contributed by atoms with E-state index in [9.17, 15) is 4.79 Å². The molecule has 0 saturated heterocycles. The first kappa shape index (κ1) is 17.9. The summed E-state index contributed by atoms with van der Waals surface area (Å²) in [6.45, 7) is 3.91. The molecule has 1 amide bonds. The lowest BCUT2D eigenvalue weighted by Gasteiger charge is -2.08. The predicted octanol–water partition coefficient (Wildman–Crippen LogP) is 4.71. The van der Waals surface area contributed by atoms with Gasteiger partial charge in [-0.1, -0.05) is 24.3 Å². The lowest BCUT2D eigenvalue weighted by Crippen LogP contribution is -2.15. The second kappa shape index (κ2) is 7.61. The summed E-state index contributed by atoms with van der Waals surface area (Å²) in [5.74, 6) is 0.396. The highest BCUT2D eigenvalue weighted by Crippen LogP contribution is 2.28. The fraction of sp³-hybridized carbons (Fsp3) is 0.273. The van der Waals surface area contributed by atoms with Crippen LogP contribution in [0.5, 0.6) is 0 Å². The zero-order valence-corrected chi connectivity index (χ0v) is 16.5. The first-order valence-electron chi connectivity index (χ1n) is 9.28. The highest BCUT2D eigenvalue weighted by molar-refractivity contribution is 8.00. The molecule has 0 fully saturated rings. The van der Waals surface area contributed by atoms with Gasteiger partial charge in [-0.25, -0.2) is 4.68 Å². The normalized spacial score (nSPS) is 12.8. The number of thioether (sulfide) groups is 1. The van der Waals surface area contributed by atoms with Crippen molar-refractivity contribution in [2.45, 2.75) is 38.0 Å². The summed E-state index contributed by atoms with van der Waals surface area (Å²) in [7, 11) is 0. The molecule has 4 rings (SSSR count). The zero-order chi connectivity index (χ0) is 18.8. The topological polar surface area (TPSA) is 46.9 Å². The van der Waals surface area contributed by atoms with Gasteiger partial charge in [0, 0.05) is 4.90 Å². The van der Waals surface area contributed by atoms with Crippen LogP contribution in [-0.2, 0) is 17.6 Å². The lowest BCUT2D eigenvalue weighted by atomic mass is 10.1. The zero-order valence-electron chi connectivity index (χ0n) is 15.7. The maximum atomic E-state index is 12.5. The van der Waals surface area contributed by atoms with Gasteiger partial charge in [0.1, 0.15) is 0 Å². The molecule has 3 aromatic rings. The van der Waals surface area contributed by atoms with Crippen molar-refractivity contribution in [1.82, 2.24) is 9.78 Å². The average Bonchev–Trinajstić information content (AvgIpc) is 3.26. The van der Waals surface area contributed by atoms with Crippen molar-refractivity contribution in [3.63, 3.8) is 0 Å². The Bertz CT molecular complexity index is 979. The molecule has 0 saturated carbocycles. The number of hydrogen-bond donors (Lipinski definition) is 1. The van der Waals surface area contributed by atoms with Crippen molar-refractivity contribution >= 4 is 23.4 Å². The second-order valence-corrected chi connectivity index (χ2v) is 7.96. The van der Waals surface area contributed by atoms with Gasteiger partial charge in [0.25, 0.3) is 0 Å². The summed E-state index contributed by atoms with van der Waals surface area (Å²) in [6, 6.07) is 16.5. The fourth-order valence-electron chi connectivity index (χ4n) is 3.61. The second-order valence-electron chi connectivity index (χ2n) is 6.91. The van der Waals surface area contributed by atoms with E-state index in [4.69, 9.17) is 0 Å². The molecule has 1 heterocycles. The van der Waals surface area contributed by atoms with Gasteiger partial charge >= 0.3 is 0 Å². The molecule has 27 heavy (non-hydrogen) atoms. The van der Waals surface area contributed by atoms with Gasteiger partial charge in [0.05, 0.1) is 28.5 Å². The molecule has 1 N–H and O–H groups in total. The number of para-hydroxylation sites is 1. The first-order valence-corrected chi connectivity index (χ1v) is 10.3. The van der Waals surface area contributed by atoms with Crippen LogP contribution in [-0.4, -0.2) is 21.4 Å². The minimum absolute atomic E-state index is 0.000639. The predicted molar refractivity (Wildman–Crippen MR) is 111 cm³/mol. The van der Waals surface area contributed by atoms with Gasteiger partial charge in [-0.2, -0.15) is 5.10 Å². The van der Waals surface area contributed by atoms with Gasteiger partial charge in [-0.15, -0.1) is 11.8 Å². The van der Waals surface area contributed by atoms with Crippen molar-refractivity contribution in [2.24, 2.45) is 0 Å². The summed E-state index contributed by atoms with van der Waals surface area (Å²) in [5, 5.41) is 7.63. The summed E-state index contributed by atoms with van der Waals surface area (Å²) >= 11 is 1.59. The minimum Gasteiger partial charge on any atom is -0.322 e. The number of nitrogens with one attached hydrogen (secondary N) is 1. The molecule has 1 aliphatic carbocycles. The van der Waals surface area contributed by atoms with E-state index in [1.54, 1.807) is 11.8 Å². The standard InChI is InChI=1S/C22H23N3OS/c1-15-22(16(2)25(24-15)19-9-4-3-5-10-19)23-21(26)14-27-20-12-11-17-7-6-8-18(17)13-20/h3-5,9-13H,6-8,14H2,1-2H3,(H,23,26). The van der Waals surface area contributed by atoms with Gasteiger partial charge in [0.15, 0.2) is 0 Å². The Hall–Kier alpha value is -2.53. The molecule has 2 aromatic carbocycles. The van der Waals surface area contributed by atoms with E-state index in [-0.39, 0.29) is 5.91 Å². The third-order valence-electron chi connectivity index (χ3n) is 5.00. The molecule has 0 spiro atoms. The smallest absolute Gasteiger partial charge is 0.234 e. The van der Waals surface area contributed by atoms with Gasteiger partial charge in [-0.3, -0.25) is 4.79 Å². The molecule has 4 nitrogen and oxygen atoms in total. The Balaban J connectivity index is 1.43. The van der Waals surface area contributed by atoms with Crippen LogP contribution in [0, 0.1) is 13.8 Å². The van der Waals surface area contributed by atoms with Crippen LogP contribution in [0.4, 0.5) is 5.69 Å². The molecule has 0 radical (unpaired) electrons. The largest absolute Gasteiger partial charge is 0.322 e. The molecular weight excluding hydrogens is 354 g/mol. The fourth-order valence-corrected chi connectivity index (χ4v) is 4.37. The van der Waals surface area contributed by atoms with E-state index in [1.807, 2.05) is 48.9 Å². The molecule has 1 aromatic heterocycles. The number of carbonyl (C=O) groups is 1. The maximum absolute atomic E-state index is 12.5. The molecule has 138 valence electrons. The van der Waals surface area contributed by atoms with Crippen molar-refractivity contribution in [3.05, 3.63) is 71.0 Å². The Morgan fingerprint density at radius 1 is 1.11 bits per heavy atom. The highest BCUT2D eigenvalue weighted by atomic mass is 32.2. The van der Waals surface area contributed by atoms with Crippen LogP contribution in [0.3, 0.4) is 0 Å². The van der Waals surface area contributed by atoms with Gasteiger partial charge in [-0.05, 0) is 68.5 Å². The SMILES string of the molecule is Cc1nn(-c2ccccc2)c(C)c1NC(=O)CSc1ccc2c(c1)CCC2. The Labute approximate surface area is 164 Å². The van der Waals surface area contributed by atoms with E-state index in [2.05, 4.69) is 28.6 Å². The average molecular weight is 378 g/mol. The van der Waals surface area contributed by atoms with Crippen LogP contribution in [0.25, 0.3) is 5.69 Å². The van der Waals surface area contributed by atoms with Crippen molar-refractivity contribution < 1.29 is 4.79 Å². The third kappa shape index (κ3) is 3.78. The van der Waals surface area contributed by atoms with Crippen molar-refractivity contribution in [1.29, 1.82) is 0 Å². The molecule has 0 aliphatic heterocycles. The van der Waals surface area contributed by atoms with E-state index >= 15 is 0 Å². The van der Waals surface area contributed by atoms with E-state index in [1.165, 1.54) is 28.9 Å². The first-order chi connectivity index (χ1) is 13.1. The van der Waals surface area contributed by atoms with Crippen LogP contribution >= 0.6 is 11.8 Å². The number of aromatic nitrogens is 2. The van der Waals surface area contributed by atoms with Crippen molar-refractivity contribution in [3.8, 4) is 5.69 Å². The summed E-state index contributed by atoms with van der Waals surface area (Å²) in [5.41, 5.74) is 6.46. The number of carbonyl (C=O) groups excluding carboxylic acids is 1. The number of amides is 1. The monoisotopic (exact) mass is 377 g/mol. The van der Waals surface area contributed by atoms with Crippen molar-refractivity contribution in [2.75, 3.05) is 11.1 Å². The highest BCUT2D eigenvalue weighted by Gasteiger charge is 2.16. The molecule has 5 heteroatoms.